The van der Waals surface area contributed by atoms with E-state index in [1.807, 2.05) is 48.5 Å². The monoisotopic (exact) mass is 349 g/mol. The summed E-state index contributed by atoms with van der Waals surface area (Å²) >= 11 is 1.47. The number of rotatable bonds is 4. The standard InChI is InChI=1S/C19H15N3O2S/c1-22-18(23)15-9-5-6-10-16(15)21-19(22)25-12-14-11-24-17(20-14)13-7-3-2-4-8-13/h2-11H,12H2,1H3. The SMILES string of the molecule is Cn1c(SCc2coc(-c3ccccc3)n2)nc2ccccc2c1=O. The summed E-state index contributed by atoms with van der Waals surface area (Å²) in [6.07, 6.45) is 1.65. The molecule has 0 spiro atoms. The van der Waals surface area contributed by atoms with Crippen LogP contribution < -0.4 is 5.56 Å². The highest BCUT2D eigenvalue weighted by molar-refractivity contribution is 7.98. The van der Waals surface area contributed by atoms with E-state index < -0.39 is 0 Å². The van der Waals surface area contributed by atoms with Gasteiger partial charge in [0.05, 0.1) is 16.6 Å². The zero-order valence-corrected chi connectivity index (χ0v) is 14.4. The van der Waals surface area contributed by atoms with Crippen LogP contribution in [0.1, 0.15) is 5.69 Å². The first-order valence-electron chi connectivity index (χ1n) is 7.81. The third-order valence-corrected chi connectivity index (χ3v) is 4.93. The van der Waals surface area contributed by atoms with Crippen LogP contribution in [0.2, 0.25) is 0 Å². The summed E-state index contributed by atoms with van der Waals surface area (Å²) in [6, 6.07) is 17.1. The molecule has 25 heavy (non-hydrogen) atoms. The molecular formula is C19H15N3O2S. The van der Waals surface area contributed by atoms with Gasteiger partial charge in [0, 0.05) is 18.4 Å². The van der Waals surface area contributed by atoms with Crippen LogP contribution >= 0.6 is 11.8 Å². The summed E-state index contributed by atoms with van der Waals surface area (Å²) in [5.74, 6) is 1.17. The van der Waals surface area contributed by atoms with Crippen molar-refractivity contribution in [2.75, 3.05) is 0 Å². The predicted molar refractivity (Wildman–Crippen MR) is 98.5 cm³/mol. The van der Waals surface area contributed by atoms with Crippen LogP contribution in [0, 0.1) is 0 Å². The Morgan fingerprint density at radius 2 is 1.80 bits per heavy atom. The molecule has 4 rings (SSSR count). The van der Waals surface area contributed by atoms with Gasteiger partial charge in [-0.1, -0.05) is 42.1 Å². The topological polar surface area (TPSA) is 60.9 Å². The molecule has 0 radical (unpaired) electrons. The second-order valence-electron chi connectivity index (χ2n) is 5.57. The van der Waals surface area contributed by atoms with Crippen LogP contribution in [0.5, 0.6) is 0 Å². The zero-order chi connectivity index (χ0) is 17.2. The minimum Gasteiger partial charge on any atom is -0.444 e. The molecular weight excluding hydrogens is 334 g/mol. The quantitative estimate of drug-likeness (QED) is 0.413. The number of benzene rings is 2. The number of aromatic nitrogens is 3. The van der Waals surface area contributed by atoms with Gasteiger partial charge in [0.2, 0.25) is 5.89 Å². The first kappa shape index (κ1) is 15.7. The molecule has 0 saturated carbocycles. The van der Waals surface area contributed by atoms with Crippen molar-refractivity contribution in [3.63, 3.8) is 0 Å². The molecule has 0 amide bonds. The summed E-state index contributed by atoms with van der Waals surface area (Å²) in [7, 11) is 1.74. The van der Waals surface area contributed by atoms with E-state index in [1.54, 1.807) is 23.9 Å². The molecule has 124 valence electrons. The first-order chi connectivity index (χ1) is 12.2. The Bertz CT molecular complexity index is 1090. The van der Waals surface area contributed by atoms with Crippen LogP contribution in [0.15, 0.2) is 75.2 Å². The van der Waals surface area contributed by atoms with Crippen LogP contribution in [0.3, 0.4) is 0 Å². The molecule has 6 heteroatoms. The molecule has 0 saturated heterocycles. The van der Waals surface area contributed by atoms with E-state index in [0.29, 0.717) is 27.7 Å². The maximum absolute atomic E-state index is 12.4. The van der Waals surface area contributed by atoms with E-state index in [4.69, 9.17) is 4.42 Å². The van der Waals surface area contributed by atoms with E-state index in [1.165, 1.54) is 11.8 Å². The van der Waals surface area contributed by atoms with Crippen molar-refractivity contribution in [2.45, 2.75) is 10.9 Å². The lowest BCUT2D eigenvalue weighted by molar-refractivity contribution is 0.573. The number of hydrogen-bond donors (Lipinski definition) is 0. The van der Waals surface area contributed by atoms with E-state index in [2.05, 4.69) is 9.97 Å². The molecule has 0 N–H and O–H groups in total. The third kappa shape index (κ3) is 3.08. The van der Waals surface area contributed by atoms with Gasteiger partial charge in [-0.25, -0.2) is 9.97 Å². The lowest BCUT2D eigenvalue weighted by Gasteiger charge is -2.07. The average Bonchev–Trinajstić information content (AvgIpc) is 3.13. The van der Waals surface area contributed by atoms with Crippen molar-refractivity contribution >= 4 is 22.7 Å². The van der Waals surface area contributed by atoms with Crippen LogP contribution in [-0.4, -0.2) is 14.5 Å². The Labute approximate surface area is 148 Å². The molecule has 2 heterocycles. The number of para-hydroxylation sites is 1. The molecule has 4 aromatic rings. The normalized spacial score (nSPS) is 11.1. The predicted octanol–water partition coefficient (Wildman–Crippen LogP) is 3.88. The van der Waals surface area contributed by atoms with Crippen molar-refractivity contribution in [2.24, 2.45) is 7.05 Å². The van der Waals surface area contributed by atoms with Crippen LogP contribution in [0.25, 0.3) is 22.4 Å². The molecule has 0 aliphatic rings. The summed E-state index contributed by atoms with van der Waals surface area (Å²) < 4.78 is 7.12. The highest BCUT2D eigenvalue weighted by Gasteiger charge is 2.11. The largest absolute Gasteiger partial charge is 0.444 e. The Morgan fingerprint density at radius 3 is 2.64 bits per heavy atom. The van der Waals surface area contributed by atoms with Crippen molar-refractivity contribution in [3.8, 4) is 11.5 Å². The molecule has 5 nitrogen and oxygen atoms in total. The van der Waals surface area contributed by atoms with E-state index >= 15 is 0 Å². The van der Waals surface area contributed by atoms with Gasteiger partial charge in [0.1, 0.15) is 6.26 Å². The third-order valence-electron chi connectivity index (χ3n) is 3.86. The molecule has 0 aliphatic heterocycles. The molecule has 0 unspecified atom stereocenters. The molecule has 0 fully saturated rings. The lowest BCUT2D eigenvalue weighted by atomic mass is 10.2. The van der Waals surface area contributed by atoms with Gasteiger partial charge in [0.15, 0.2) is 5.16 Å². The van der Waals surface area contributed by atoms with Gasteiger partial charge in [0.25, 0.3) is 5.56 Å². The van der Waals surface area contributed by atoms with Gasteiger partial charge in [-0.15, -0.1) is 0 Å². The van der Waals surface area contributed by atoms with Crippen molar-refractivity contribution in [1.29, 1.82) is 0 Å². The Balaban J connectivity index is 1.58. The van der Waals surface area contributed by atoms with Crippen molar-refractivity contribution in [3.05, 3.63) is 76.9 Å². The average molecular weight is 349 g/mol. The van der Waals surface area contributed by atoms with E-state index in [-0.39, 0.29) is 5.56 Å². The van der Waals surface area contributed by atoms with Gasteiger partial charge in [-0.3, -0.25) is 9.36 Å². The Kier molecular flexibility index (Phi) is 4.11. The second-order valence-corrected chi connectivity index (χ2v) is 6.52. The van der Waals surface area contributed by atoms with E-state index in [9.17, 15) is 4.79 Å². The maximum atomic E-state index is 12.4. The number of oxazole rings is 1. The summed E-state index contributed by atoms with van der Waals surface area (Å²) in [5, 5.41) is 1.29. The number of nitrogens with zero attached hydrogens (tertiary/aromatic N) is 3. The van der Waals surface area contributed by atoms with Crippen LogP contribution in [-0.2, 0) is 12.8 Å². The molecule has 0 atom stereocenters. The number of hydrogen-bond acceptors (Lipinski definition) is 5. The van der Waals surface area contributed by atoms with Gasteiger partial charge in [-0.2, -0.15) is 0 Å². The lowest BCUT2D eigenvalue weighted by Crippen LogP contribution is -2.19. The Morgan fingerprint density at radius 1 is 1.04 bits per heavy atom. The second kappa shape index (κ2) is 6.57. The van der Waals surface area contributed by atoms with E-state index in [0.717, 1.165) is 11.3 Å². The van der Waals surface area contributed by atoms with Gasteiger partial charge < -0.3 is 4.42 Å². The molecule has 0 aliphatic carbocycles. The minimum absolute atomic E-state index is 0.0433. The fraction of sp³-hybridized carbons (Fsp3) is 0.105. The summed E-state index contributed by atoms with van der Waals surface area (Å²) in [5.41, 5.74) is 2.41. The zero-order valence-electron chi connectivity index (χ0n) is 13.5. The van der Waals surface area contributed by atoms with Crippen molar-refractivity contribution < 1.29 is 4.42 Å². The van der Waals surface area contributed by atoms with Crippen LogP contribution in [0.4, 0.5) is 0 Å². The number of fused-ring (bicyclic) bond motifs is 1. The molecule has 2 aromatic carbocycles. The fourth-order valence-electron chi connectivity index (χ4n) is 2.55. The smallest absolute Gasteiger partial charge is 0.261 e. The van der Waals surface area contributed by atoms with Crippen molar-refractivity contribution in [1.82, 2.24) is 14.5 Å². The maximum Gasteiger partial charge on any atom is 0.261 e. The minimum atomic E-state index is -0.0433. The Hall–Kier alpha value is -2.86. The molecule has 2 aromatic heterocycles. The van der Waals surface area contributed by atoms with Gasteiger partial charge >= 0.3 is 0 Å². The first-order valence-corrected chi connectivity index (χ1v) is 8.79. The summed E-state index contributed by atoms with van der Waals surface area (Å²) in [4.78, 5) is 21.5. The highest BCUT2D eigenvalue weighted by Crippen LogP contribution is 2.24. The van der Waals surface area contributed by atoms with Gasteiger partial charge in [-0.05, 0) is 24.3 Å². The molecule has 0 bridgehead atoms. The highest BCUT2D eigenvalue weighted by atomic mass is 32.2. The number of thioether (sulfide) groups is 1. The fourth-order valence-corrected chi connectivity index (χ4v) is 3.40. The summed E-state index contributed by atoms with van der Waals surface area (Å²) in [6.45, 7) is 0.